The highest BCUT2D eigenvalue weighted by atomic mass is 32.1. The summed E-state index contributed by atoms with van der Waals surface area (Å²) in [5.74, 6) is -0.116. The van der Waals surface area contributed by atoms with E-state index in [-0.39, 0.29) is 5.91 Å². The minimum absolute atomic E-state index is 0.116. The molecule has 0 radical (unpaired) electrons. The summed E-state index contributed by atoms with van der Waals surface area (Å²) >= 11 is 1.38. The lowest BCUT2D eigenvalue weighted by molar-refractivity contribution is 0.0432. The normalized spacial score (nSPS) is 15.9. The van der Waals surface area contributed by atoms with E-state index in [0.29, 0.717) is 4.88 Å². The molecule has 6 heteroatoms. The highest BCUT2D eigenvalue weighted by Gasteiger charge is 2.45. The number of nitrogens with zero attached hydrogens (tertiary/aromatic N) is 2. The summed E-state index contributed by atoms with van der Waals surface area (Å²) < 4.78 is 5.31. The lowest BCUT2D eigenvalue weighted by Crippen LogP contribution is -2.38. The van der Waals surface area contributed by atoms with Gasteiger partial charge in [-0.1, -0.05) is 0 Å². The summed E-state index contributed by atoms with van der Waals surface area (Å²) in [6.07, 6.45) is 5.19. The lowest BCUT2D eigenvalue weighted by atomic mass is 10.3. The average molecular weight is 289 g/mol. The monoisotopic (exact) mass is 289 g/mol. The van der Waals surface area contributed by atoms with E-state index < -0.39 is 5.72 Å². The molecule has 2 heterocycles. The van der Waals surface area contributed by atoms with Gasteiger partial charge in [0.05, 0.1) is 5.69 Å². The molecule has 1 aliphatic rings. The molecular formula is C14H15N3O2S. The first-order chi connectivity index (χ1) is 9.63. The number of methoxy groups -OCH3 is 1. The Balaban J connectivity index is 1.84. The third kappa shape index (κ3) is 2.44. The van der Waals surface area contributed by atoms with Crippen LogP contribution in [0.4, 0.5) is 0 Å². The van der Waals surface area contributed by atoms with Gasteiger partial charge in [-0.25, -0.2) is 4.98 Å². The number of carbonyl (C=O) groups is 1. The summed E-state index contributed by atoms with van der Waals surface area (Å²) in [7, 11) is 1.62. The van der Waals surface area contributed by atoms with Crippen molar-refractivity contribution in [1.82, 2.24) is 15.3 Å². The highest BCUT2D eigenvalue weighted by Crippen LogP contribution is 2.36. The molecule has 1 fully saturated rings. The van der Waals surface area contributed by atoms with Crippen molar-refractivity contribution in [3.63, 3.8) is 0 Å². The van der Waals surface area contributed by atoms with E-state index in [1.165, 1.54) is 11.3 Å². The predicted molar refractivity (Wildman–Crippen MR) is 76.5 cm³/mol. The number of hydrogen-bond donors (Lipinski definition) is 1. The molecule has 0 unspecified atom stereocenters. The van der Waals surface area contributed by atoms with Gasteiger partial charge in [-0.2, -0.15) is 0 Å². The molecule has 1 N–H and O–H groups in total. The summed E-state index contributed by atoms with van der Waals surface area (Å²) in [5.41, 5.74) is 1.20. The van der Waals surface area contributed by atoms with Crippen LogP contribution in [0, 0.1) is 6.92 Å². The van der Waals surface area contributed by atoms with Gasteiger partial charge in [0.25, 0.3) is 5.91 Å². The number of thiazole rings is 1. The average Bonchev–Trinajstić information content (AvgIpc) is 3.13. The van der Waals surface area contributed by atoms with Crippen LogP contribution in [0.3, 0.4) is 0 Å². The van der Waals surface area contributed by atoms with Gasteiger partial charge in [0.1, 0.15) is 15.6 Å². The summed E-state index contributed by atoms with van der Waals surface area (Å²) in [5, 5.41) is 3.74. The first-order valence-electron chi connectivity index (χ1n) is 6.39. The molecule has 0 aliphatic heterocycles. The maximum absolute atomic E-state index is 12.3. The second-order valence-corrected chi connectivity index (χ2v) is 5.83. The molecule has 0 bridgehead atoms. The van der Waals surface area contributed by atoms with Crippen LogP contribution < -0.4 is 5.32 Å². The van der Waals surface area contributed by atoms with Crippen molar-refractivity contribution in [2.45, 2.75) is 25.5 Å². The Hall–Kier alpha value is -1.79. The van der Waals surface area contributed by atoms with Crippen LogP contribution in [0.5, 0.6) is 0 Å². The van der Waals surface area contributed by atoms with Crippen LogP contribution in [0.1, 0.15) is 28.2 Å². The summed E-state index contributed by atoms with van der Waals surface area (Å²) in [4.78, 5) is 21.4. The third-order valence-corrected chi connectivity index (χ3v) is 4.55. The van der Waals surface area contributed by atoms with E-state index in [4.69, 9.17) is 4.74 Å². The maximum atomic E-state index is 12.3. The molecule has 0 saturated heterocycles. The minimum Gasteiger partial charge on any atom is -0.359 e. The second kappa shape index (κ2) is 4.96. The van der Waals surface area contributed by atoms with Crippen molar-refractivity contribution >= 4 is 17.2 Å². The Labute approximate surface area is 121 Å². The molecule has 3 rings (SSSR count). The van der Waals surface area contributed by atoms with Crippen LogP contribution in [0.15, 0.2) is 24.5 Å². The first-order valence-corrected chi connectivity index (χ1v) is 7.21. The Kier molecular flexibility index (Phi) is 3.27. The summed E-state index contributed by atoms with van der Waals surface area (Å²) in [6, 6.07) is 3.79. The topological polar surface area (TPSA) is 64.1 Å². The zero-order valence-electron chi connectivity index (χ0n) is 11.3. The van der Waals surface area contributed by atoms with Crippen molar-refractivity contribution in [3.05, 3.63) is 35.1 Å². The van der Waals surface area contributed by atoms with Crippen LogP contribution in [-0.2, 0) is 4.74 Å². The minimum atomic E-state index is -0.456. The fourth-order valence-corrected chi connectivity index (χ4v) is 2.93. The van der Waals surface area contributed by atoms with Gasteiger partial charge in [-0.05, 0) is 31.9 Å². The zero-order valence-corrected chi connectivity index (χ0v) is 12.2. The van der Waals surface area contributed by atoms with Gasteiger partial charge in [-0.15, -0.1) is 11.3 Å². The molecule has 0 atom stereocenters. The Bertz CT molecular complexity index is 635. The van der Waals surface area contributed by atoms with Crippen molar-refractivity contribution in [2.24, 2.45) is 0 Å². The van der Waals surface area contributed by atoms with Crippen LogP contribution in [0.25, 0.3) is 10.6 Å². The van der Waals surface area contributed by atoms with E-state index in [2.05, 4.69) is 15.3 Å². The zero-order chi connectivity index (χ0) is 14.2. The lowest BCUT2D eigenvalue weighted by Gasteiger charge is -2.14. The molecule has 20 heavy (non-hydrogen) atoms. The largest absolute Gasteiger partial charge is 0.359 e. The maximum Gasteiger partial charge on any atom is 0.265 e. The number of pyridine rings is 1. The predicted octanol–water partition coefficient (Wildman–Crippen LogP) is 2.38. The molecule has 2 aromatic rings. The van der Waals surface area contributed by atoms with Gasteiger partial charge in [0.2, 0.25) is 0 Å². The van der Waals surface area contributed by atoms with Gasteiger partial charge in [0, 0.05) is 25.1 Å². The molecule has 0 spiro atoms. The third-order valence-electron chi connectivity index (χ3n) is 3.35. The van der Waals surface area contributed by atoms with E-state index >= 15 is 0 Å². The number of aryl methyl sites for hydroxylation is 1. The van der Waals surface area contributed by atoms with E-state index in [0.717, 1.165) is 29.1 Å². The van der Waals surface area contributed by atoms with Gasteiger partial charge in [-0.3, -0.25) is 9.78 Å². The number of aromatic nitrogens is 2. The smallest absolute Gasteiger partial charge is 0.265 e. The summed E-state index contributed by atoms with van der Waals surface area (Å²) in [6.45, 7) is 1.84. The SMILES string of the molecule is COC1(NC(=O)c2sc(-c3cccnc3)nc2C)CC1. The van der Waals surface area contributed by atoms with Gasteiger partial charge >= 0.3 is 0 Å². The Morgan fingerprint density at radius 1 is 1.50 bits per heavy atom. The molecule has 1 saturated carbocycles. The molecule has 2 aromatic heterocycles. The van der Waals surface area contributed by atoms with Crippen LogP contribution in [-0.4, -0.2) is 28.7 Å². The highest BCUT2D eigenvalue weighted by molar-refractivity contribution is 7.17. The van der Waals surface area contributed by atoms with Crippen molar-refractivity contribution in [2.75, 3.05) is 7.11 Å². The fourth-order valence-electron chi connectivity index (χ4n) is 1.98. The van der Waals surface area contributed by atoms with Crippen molar-refractivity contribution in [3.8, 4) is 10.6 Å². The van der Waals surface area contributed by atoms with E-state index in [9.17, 15) is 4.79 Å². The number of hydrogen-bond acceptors (Lipinski definition) is 5. The van der Waals surface area contributed by atoms with Gasteiger partial charge in [0.15, 0.2) is 0 Å². The Morgan fingerprint density at radius 2 is 2.30 bits per heavy atom. The van der Waals surface area contributed by atoms with E-state index in [1.807, 2.05) is 19.1 Å². The number of carbonyl (C=O) groups excluding carboxylic acids is 1. The first kappa shape index (κ1) is 13.2. The molecule has 1 aliphatic carbocycles. The molecule has 5 nitrogen and oxygen atoms in total. The van der Waals surface area contributed by atoms with Crippen molar-refractivity contribution in [1.29, 1.82) is 0 Å². The molecule has 104 valence electrons. The molecule has 0 aromatic carbocycles. The van der Waals surface area contributed by atoms with Crippen LogP contribution >= 0.6 is 11.3 Å². The Morgan fingerprint density at radius 3 is 2.90 bits per heavy atom. The van der Waals surface area contributed by atoms with Crippen LogP contribution in [0.2, 0.25) is 0 Å². The molecular weight excluding hydrogens is 274 g/mol. The second-order valence-electron chi connectivity index (χ2n) is 4.83. The molecule has 1 amide bonds. The fraction of sp³-hybridized carbons (Fsp3) is 0.357. The quantitative estimate of drug-likeness (QED) is 0.878. The number of rotatable bonds is 4. The van der Waals surface area contributed by atoms with E-state index in [1.54, 1.807) is 19.5 Å². The number of ether oxygens (including phenoxy) is 1. The number of amides is 1. The van der Waals surface area contributed by atoms with Crippen molar-refractivity contribution < 1.29 is 9.53 Å². The number of nitrogens with one attached hydrogen (secondary N) is 1. The standard InChI is InChI=1S/C14H15N3O2S/c1-9-11(12(18)17-14(19-2)5-6-14)20-13(16-9)10-4-3-7-15-8-10/h3-4,7-8H,5-6H2,1-2H3,(H,17,18). The van der Waals surface area contributed by atoms with Gasteiger partial charge < -0.3 is 10.1 Å².